The topological polar surface area (TPSA) is 82.2 Å². The van der Waals surface area contributed by atoms with E-state index in [4.69, 9.17) is 5.11 Å². The van der Waals surface area contributed by atoms with Gasteiger partial charge in [0.15, 0.2) is 0 Å². The molecule has 1 aromatic heterocycles. The number of rotatable bonds is 9. The number of carboxylic acids is 1. The molecular formula is C18H22N2O3. The molecule has 0 saturated heterocycles. The number of aromatic amines is 1. The van der Waals surface area contributed by atoms with Gasteiger partial charge in [-0.2, -0.15) is 0 Å². The number of carbonyl (C=O) groups excluding carboxylic acids is 1. The average Bonchev–Trinajstić information content (AvgIpc) is 3.00. The summed E-state index contributed by atoms with van der Waals surface area (Å²) < 4.78 is 0. The number of hydrogen-bond acceptors (Lipinski definition) is 2. The van der Waals surface area contributed by atoms with E-state index >= 15 is 0 Å². The van der Waals surface area contributed by atoms with E-state index in [9.17, 15) is 9.59 Å². The molecule has 1 aromatic carbocycles. The molecule has 2 rings (SSSR count). The van der Waals surface area contributed by atoms with Crippen LogP contribution in [0.25, 0.3) is 0 Å². The highest BCUT2D eigenvalue weighted by Crippen LogP contribution is 2.15. The lowest BCUT2D eigenvalue weighted by Crippen LogP contribution is -2.14. The van der Waals surface area contributed by atoms with Crippen molar-refractivity contribution in [3.63, 3.8) is 0 Å². The molecule has 0 radical (unpaired) electrons. The molecule has 0 spiro atoms. The second-order valence-electron chi connectivity index (χ2n) is 5.51. The van der Waals surface area contributed by atoms with Crippen LogP contribution in [0.1, 0.15) is 48.2 Å². The van der Waals surface area contributed by atoms with E-state index in [0.29, 0.717) is 12.1 Å². The van der Waals surface area contributed by atoms with Gasteiger partial charge in [0.1, 0.15) is 5.69 Å². The van der Waals surface area contributed by atoms with Crippen molar-refractivity contribution < 1.29 is 14.7 Å². The van der Waals surface area contributed by atoms with E-state index in [-0.39, 0.29) is 12.3 Å². The molecule has 3 N–H and O–H groups in total. The molecule has 1 amide bonds. The average molecular weight is 314 g/mol. The lowest BCUT2D eigenvalue weighted by molar-refractivity contribution is -0.137. The standard InChI is InChI=1S/C18H22N2O3/c21-16(22)11-7-2-1-4-8-14-12-13-19-17(14)18(23)20-15-9-5-3-6-10-15/h3,5-6,9-10,12-13,19H,1-2,4,7-8,11H2,(H,20,23)(H,21,22). The molecule has 0 saturated carbocycles. The first kappa shape index (κ1) is 16.8. The number of anilines is 1. The fourth-order valence-corrected chi connectivity index (χ4v) is 2.48. The summed E-state index contributed by atoms with van der Waals surface area (Å²) in [6.07, 6.45) is 6.36. The van der Waals surface area contributed by atoms with E-state index < -0.39 is 5.97 Å². The van der Waals surface area contributed by atoms with E-state index in [1.165, 1.54) is 0 Å². The highest BCUT2D eigenvalue weighted by Gasteiger charge is 2.12. The lowest BCUT2D eigenvalue weighted by Gasteiger charge is -2.06. The fraction of sp³-hybridized carbons (Fsp3) is 0.333. The molecule has 5 nitrogen and oxygen atoms in total. The Balaban J connectivity index is 1.80. The lowest BCUT2D eigenvalue weighted by atomic mass is 10.1. The molecule has 0 atom stereocenters. The minimum atomic E-state index is -0.740. The highest BCUT2D eigenvalue weighted by molar-refractivity contribution is 6.03. The zero-order valence-corrected chi connectivity index (χ0v) is 13.0. The maximum absolute atomic E-state index is 12.3. The second-order valence-corrected chi connectivity index (χ2v) is 5.51. The van der Waals surface area contributed by atoms with Crippen molar-refractivity contribution in [2.75, 3.05) is 5.32 Å². The number of carbonyl (C=O) groups is 2. The minimum absolute atomic E-state index is 0.137. The maximum atomic E-state index is 12.3. The third-order valence-corrected chi connectivity index (χ3v) is 3.68. The predicted molar refractivity (Wildman–Crippen MR) is 89.6 cm³/mol. The van der Waals surface area contributed by atoms with Gasteiger partial charge < -0.3 is 15.4 Å². The summed E-state index contributed by atoms with van der Waals surface area (Å²) in [5.74, 6) is -0.877. The number of amides is 1. The molecular weight excluding hydrogens is 292 g/mol. The monoisotopic (exact) mass is 314 g/mol. The number of hydrogen-bond donors (Lipinski definition) is 3. The number of aliphatic carboxylic acids is 1. The molecule has 1 heterocycles. The smallest absolute Gasteiger partial charge is 0.303 e. The summed E-state index contributed by atoms with van der Waals surface area (Å²) in [5, 5.41) is 11.5. The highest BCUT2D eigenvalue weighted by atomic mass is 16.4. The Kier molecular flexibility index (Phi) is 6.41. The SMILES string of the molecule is O=C(O)CCCCCCc1cc[nH]c1C(=O)Nc1ccccc1. The summed E-state index contributed by atoms with van der Waals surface area (Å²) in [6, 6.07) is 11.3. The molecule has 0 aliphatic heterocycles. The Bertz CT molecular complexity index is 635. The minimum Gasteiger partial charge on any atom is -0.481 e. The summed E-state index contributed by atoms with van der Waals surface area (Å²) >= 11 is 0. The zero-order valence-electron chi connectivity index (χ0n) is 13.0. The Morgan fingerprint density at radius 1 is 1.00 bits per heavy atom. The summed E-state index contributed by atoms with van der Waals surface area (Å²) in [6.45, 7) is 0. The quantitative estimate of drug-likeness (QED) is 0.615. The van der Waals surface area contributed by atoms with Crippen molar-refractivity contribution in [2.45, 2.75) is 38.5 Å². The fourth-order valence-electron chi connectivity index (χ4n) is 2.48. The number of benzene rings is 1. The van der Waals surface area contributed by atoms with Gasteiger partial charge in [-0.1, -0.05) is 31.0 Å². The van der Waals surface area contributed by atoms with Crippen LogP contribution >= 0.6 is 0 Å². The molecule has 0 bridgehead atoms. The molecule has 23 heavy (non-hydrogen) atoms. The molecule has 2 aromatic rings. The Morgan fingerprint density at radius 2 is 1.74 bits per heavy atom. The number of carboxylic acid groups (broad SMARTS) is 1. The van der Waals surface area contributed by atoms with Gasteiger partial charge in [-0.3, -0.25) is 9.59 Å². The van der Waals surface area contributed by atoms with Crippen molar-refractivity contribution >= 4 is 17.6 Å². The molecule has 0 aliphatic carbocycles. The molecule has 0 fully saturated rings. The van der Waals surface area contributed by atoms with Gasteiger partial charge in [-0.15, -0.1) is 0 Å². The van der Waals surface area contributed by atoms with Crippen LogP contribution in [0, 0.1) is 0 Å². The van der Waals surface area contributed by atoms with Crippen LogP contribution in [0.2, 0.25) is 0 Å². The third kappa shape index (κ3) is 5.62. The number of para-hydroxylation sites is 1. The van der Waals surface area contributed by atoms with Gasteiger partial charge in [-0.25, -0.2) is 0 Å². The number of H-pyrrole nitrogens is 1. The molecule has 0 unspecified atom stereocenters. The van der Waals surface area contributed by atoms with Crippen molar-refractivity contribution in [3.8, 4) is 0 Å². The normalized spacial score (nSPS) is 10.4. The van der Waals surface area contributed by atoms with Gasteiger partial charge in [0, 0.05) is 18.3 Å². The first-order valence-corrected chi connectivity index (χ1v) is 7.91. The number of aryl methyl sites for hydroxylation is 1. The van der Waals surface area contributed by atoms with Crippen molar-refractivity contribution in [1.82, 2.24) is 4.98 Å². The Hall–Kier alpha value is -2.56. The summed E-state index contributed by atoms with van der Waals surface area (Å²) in [4.78, 5) is 25.7. The van der Waals surface area contributed by atoms with Gasteiger partial charge in [0.25, 0.3) is 5.91 Å². The Labute approximate surface area is 135 Å². The second kappa shape index (κ2) is 8.78. The van der Waals surface area contributed by atoms with Crippen molar-refractivity contribution in [1.29, 1.82) is 0 Å². The molecule has 5 heteroatoms. The predicted octanol–water partition coefficient (Wildman–Crippen LogP) is 3.84. The van der Waals surface area contributed by atoms with E-state index in [1.807, 2.05) is 36.4 Å². The van der Waals surface area contributed by atoms with E-state index in [2.05, 4.69) is 10.3 Å². The third-order valence-electron chi connectivity index (χ3n) is 3.68. The van der Waals surface area contributed by atoms with Crippen LogP contribution < -0.4 is 5.32 Å². The molecule has 122 valence electrons. The van der Waals surface area contributed by atoms with Crippen molar-refractivity contribution in [3.05, 3.63) is 53.9 Å². The van der Waals surface area contributed by atoms with E-state index in [0.717, 1.165) is 36.9 Å². The zero-order chi connectivity index (χ0) is 16.5. The summed E-state index contributed by atoms with van der Waals surface area (Å²) in [5.41, 5.74) is 2.36. The van der Waals surface area contributed by atoms with Crippen LogP contribution in [0.4, 0.5) is 5.69 Å². The van der Waals surface area contributed by atoms with Crippen LogP contribution in [0.15, 0.2) is 42.6 Å². The molecule has 0 aliphatic rings. The Morgan fingerprint density at radius 3 is 2.48 bits per heavy atom. The van der Waals surface area contributed by atoms with Crippen molar-refractivity contribution in [2.24, 2.45) is 0 Å². The largest absolute Gasteiger partial charge is 0.481 e. The van der Waals surface area contributed by atoms with E-state index in [1.54, 1.807) is 6.20 Å². The van der Waals surface area contributed by atoms with Crippen LogP contribution in [0.5, 0.6) is 0 Å². The first-order valence-electron chi connectivity index (χ1n) is 7.91. The maximum Gasteiger partial charge on any atom is 0.303 e. The van der Waals surface area contributed by atoms with Gasteiger partial charge in [0.2, 0.25) is 0 Å². The van der Waals surface area contributed by atoms with Gasteiger partial charge >= 0.3 is 5.97 Å². The number of unbranched alkanes of at least 4 members (excludes halogenated alkanes) is 3. The van der Waals surface area contributed by atoms with Gasteiger partial charge in [0.05, 0.1) is 0 Å². The van der Waals surface area contributed by atoms with Crippen LogP contribution in [0.3, 0.4) is 0 Å². The number of nitrogens with one attached hydrogen (secondary N) is 2. The summed E-state index contributed by atoms with van der Waals surface area (Å²) in [7, 11) is 0. The van der Waals surface area contributed by atoms with Gasteiger partial charge in [-0.05, 0) is 43.0 Å². The number of aromatic nitrogens is 1. The van der Waals surface area contributed by atoms with Crippen LogP contribution in [-0.4, -0.2) is 22.0 Å². The first-order chi connectivity index (χ1) is 11.2. The van der Waals surface area contributed by atoms with Crippen LogP contribution in [-0.2, 0) is 11.2 Å².